The van der Waals surface area contributed by atoms with E-state index in [2.05, 4.69) is 41.1 Å². The van der Waals surface area contributed by atoms with E-state index in [0.717, 1.165) is 30.6 Å². The van der Waals surface area contributed by atoms with E-state index in [0.29, 0.717) is 36.3 Å². The van der Waals surface area contributed by atoms with Crippen molar-refractivity contribution >= 4 is 11.9 Å². The number of aliphatic hydroxyl groups excluding tert-OH is 1. The Balaban J connectivity index is 1.60. The number of fused-ring (bicyclic) bond motifs is 1. The number of phenols is 1. The molecule has 1 fully saturated rings. The van der Waals surface area contributed by atoms with Crippen LogP contribution in [0.3, 0.4) is 0 Å². The van der Waals surface area contributed by atoms with E-state index in [9.17, 15) is 10.2 Å². The first-order valence-electron chi connectivity index (χ1n) is 11.5. The SMILES string of the molecule is CC1CN(c2nc(-c3cccc(O)c3)nc(N3CCc4ccccc4C3CO)n2)CC(C)N1. The number of piperazine rings is 1. The molecule has 0 spiro atoms. The highest BCUT2D eigenvalue weighted by Crippen LogP contribution is 2.33. The van der Waals surface area contributed by atoms with E-state index in [1.165, 1.54) is 5.56 Å². The maximum atomic E-state index is 10.3. The number of hydrogen-bond acceptors (Lipinski definition) is 8. The number of anilines is 2. The Morgan fingerprint density at radius 1 is 0.970 bits per heavy atom. The normalized spacial score (nSPS) is 22.8. The molecule has 1 saturated heterocycles. The topological polar surface area (TPSA) is 97.6 Å². The van der Waals surface area contributed by atoms with Crippen LogP contribution in [-0.4, -0.2) is 63.5 Å². The average molecular weight is 447 g/mol. The second-order valence-corrected chi connectivity index (χ2v) is 9.02. The minimum absolute atomic E-state index is 0.0266. The average Bonchev–Trinajstić information content (AvgIpc) is 2.82. The standard InChI is InChI=1S/C25H30N6O2/c1-16-13-30(14-17(2)26-16)24-27-23(19-7-5-8-20(33)12-19)28-25(29-24)31-11-10-18-6-3-4-9-21(18)22(31)15-32/h3-9,12,16-17,22,26,32-33H,10-11,13-15H2,1-2H3. The van der Waals surface area contributed by atoms with Gasteiger partial charge in [-0.25, -0.2) is 0 Å². The zero-order valence-corrected chi connectivity index (χ0v) is 19.0. The highest BCUT2D eigenvalue weighted by Gasteiger charge is 2.31. The number of hydrogen-bond donors (Lipinski definition) is 3. The third kappa shape index (κ3) is 4.36. The van der Waals surface area contributed by atoms with Gasteiger partial charge in [-0.2, -0.15) is 15.0 Å². The van der Waals surface area contributed by atoms with Gasteiger partial charge in [-0.05, 0) is 43.5 Å². The van der Waals surface area contributed by atoms with Crippen LogP contribution in [0.15, 0.2) is 48.5 Å². The molecule has 1 aromatic heterocycles. The zero-order valence-electron chi connectivity index (χ0n) is 19.0. The summed E-state index contributed by atoms with van der Waals surface area (Å²) in [5.41, 5.74) is 3.09. The molecule has 33 heavy (non-hydrogen) atoms. The van der Waals surface area contributed by atoms with Gasteiger partial charge in [0, 0.05) is 37.3 Å². The van der Waals surface area contributed by atoms with Crippen LogP contribution in [0.5, 0.6) is 5.75 Å². The molecule has 2 aliphatic heterocycles. The molecular formula is C25H30N6O2. The summed E-state index contributed by atoms with van der Waals surface area (Å²) in [5.74, 6) is 1.85. The van der Waals surface area contributed by atoms with E-state index in [-0.39, 0.29) is 18.4 Å². The van der Waals surface area contributed by atoms with Crippen LogP contribution in [-0.2, 0) is 6.42 Å². The second-order valence-electron chi connectivity index (χ2n) is 9.02. The molecule has 0 saturated carbocycles. The minimum Gasteiger partial charge on any atom is -0.508 e. The molecule has 0 aliphatic carbocycles. The van der Waals surface area contributed by atoms with Crippen molar-refractivity contribution in [3.63, 3.8) is 0 Å². The number of phenolic OH excluding ortho intramolecular Hbond substituents is 1. The molecule has 172 valence electrons. The summed E-state index contributed by atoms with van der Waals surface area (Å²) in [6, 6.07) is 15.6. The smallest absolute Gasteiger partial charge is 0.231 e. The molecule has 0 amide bonds. The van der Waals surface area contributed by atoms with Crippen molar-refractivity contribution in [3.8, 4) is 17.1 Å². The zero-order chi connectivity index (χ0) is 22.9. The summed E-state index contributed by atoms with van der Waals surface area (Å²) in [6.45, 7) is 6.58. The first-order chi connectivity index (χ1) is 16.0. The van der Waals surface area contributed by atoms with Gasteiger partial charge in [-0.15, -0.1) is 0 Å². The molecule has 5 rings (SSSR count). The number of nitrogens with zero attached hydrogens (tertiary/aromatic N) is 5. The van der Waals surface area contributed by atoms with Gasteiger partial charge in [0.2, 0.25) is 11.9 Å². The lowest BCUT2D eigenvalue weighted by Gasteiger charge is -2.38. The third-order valence-electron chi connectivity index (χ3n) is 6.40. The molecule has 8 heteroatoms. The third-order valence-corrected chi connectivity index (χ3v) is 6.40. The van der Waals surface area contributed by atoms with Gasteiger partial charge in [0.1, 0.15) is 5.75 Å². The lowest BCUT2D eigenvalue weighted by atomic mass is 9.93. The van der Waals surface area contributed by atoms with Crippen LogP contribution in [0.2, 0.25) is 0 Å². The summed E-state index contributed by atoms with van der Waals surface area (Å²) in [6.07, 6.45) is 0.858. The monoisotopic (exact) mass is 446 g/mol. The summed E-state index contributed by atoms with van der Waals surface area (Å²) < 4.78 is 0. The molecule has 3 unspecified atom stereocenters. The number of rotatable bonds is 4. The lowest BCUT2D eigenvalue weighted by Crippen LogP contribution is -2.54. The fourth-order valence-electron chi connectivity index (χ4n) is 4.98. The van der Waals surface area contributed by atoms with Crippen molar-refractivity contribution in [1.29, 1.82) is 0 Å². The minimum atomic E-state index is -0.219. The maximum Gasteiger partial charge on any atom is 0.231 e. The van der Waals surface area contributed by atoms with Crippen LogP contribution < -0.4 is 15.1 Å². The predicted molar refractivity (Wildman–Crippen MR) is 129 cm³/mol. The Labute approximate surface area is 194 Å². The second kappa shape index (κ2) is 8.96. The first-order valence-corrected chi connectivity index (χ1v) is 11.5. The Bertz CT molecular complexity index is 1130. The number of aromatic nitrogens is 3. The fourth-order valence-corrected chi connectivity index (χ4v) is 4.98. The summed E-state index contributed by atoms with van der Waals surface area (Å²) in [7, 11) is 0. The van der Waals surface area contributed by atoms with Gasteiger partial charge in [-0.1, -0.05) is 36.4 Å². The van der Waals surface area contributed by atoms with Crippen molar-refractivity contribution in [1.82, 2.24) is 20.3 Å². The maximum absolute atomic E-state index is 10.3. The summed E-state index contributed by atoms with van der Waals surface area (Å²) >= 11 is 0. The summed E-state index contributed by atoms with van der Waals surface area (Å²) in [4.78, 5) is 18.8. The molecule has 0 radical (unpaired) electrons. The number of aromatic hydroxyl groups is 1. The van der Waals surface area contributed by atoms with Gasteiger partial charge in [0.15, 0.2) is 5.82 Å². The van der Waals surface area contributed by atoms with Crippen molar-refractivity contribution in [2.24, 2.45) is 0 Å². The van der Waals surface area contributed by atoms with E-state index in [4.69, 9.17) is 15.0 Å². The quantitative estimate of drug-likeness (QED) is 0.563. The molecule has 3 aromatic rings. The molecule has 2 aliphatic rings. The van der Waals surface area contributed by atoms with E-state index < -0.39 is 0 Å². The van der Waals surface area contributed by atoms with Crippen molar-refractivity contribution in [2.45, 2.75) is 38.4 Å². The van der Waals surface area contributed by atoms with Crippen LogP contribution >= 0.6 is 0 Å². The van der Waals surface area contributed by atoms with Gasteiger partial charge in [0.25, 0.3) is 0 Å². The fraction of sp³-hybridized carbons (Fsp3) is 0.400. The van der Waals surface area contributed by atoms with Crippen LogP contribution in [0.4, 0.5) is 11.9 Å². The predicted octanol–water partition coefficient (Wildman–Crippen LogP) is 2.53. The number of benzene rings is 2. The number of aliphatic hydroxyl groups is 1. The molecule has 3 heterocycles. The van der Waals surface area contributed by atoms with Gasteiger partial charge in [0.05, 0.1) is 12.6 Å². The van der Waals surface area contributed by atoms with Gasteiger partial charge in [-0.3, -0.25) is 0 Å². The van der Waals surface area contributed by atoms with E-state index in [1.807, 2.05) is 18.2 Å². The van der Waals surface area contributed by atoms with Crippen molar-refractivity contribution in [2.75, 3.05) is 36.0 Å². The van der Waals surface area contributed by atoms with Crippen molar-refractivity contribution < 1.29 is 10.2 Å². The lowest BCUT2D eigenvalue weighted by molar-refractivity contribution is 0.256. The molecule has 0 bridgehead atoms. The Kier molecular flexibility index (Phi) is 5.86. The molecule has 3 N–H and O–H groups in total. The first kappa shape index (κ1) is 21.6. The Morgan fingerprint density at radius 2 is 1.73 bits per heavy atom. The Hall–Kier alpha value is -3.23. The van der Waals surface area contributed by atoms with Crippen LogP contribution in [0.1, 0.15) is 31.0 Å². The molecular weight excluding hydrogens is 416 g/mol. The van der Waals surface area contributed by atoms with Crippen molar-refractivity contribution in [3.05, 3.63) is 59.7 Å². The molecule has 3 atom stereocenters. The molecule has 2 aromatic carbocycles. The van der Waals surface area contributed by atoms with E-state index >= 15 is 0 Å². The molecule has 8 nitrogen and oxygen atoms in total. The van der Waals surface area contributed by atoms with Gasteiger partial charge < -0.3 is 25.3 Å². The Morgan fingerprint density at radius 3 is 2.48 bits per heavy atom. The van der Waals surface area contributed by atoms with Gasteiger partial charge >= 0.3 is 0 Å². The van der Waals surface area contributed by atoms with E-state index in [1.54, 1.807) is 18.2 Å². The number of nitrogens with one attached hydrogen (secondary N) is 1. The summed E-state index contributed by atoms with van der Waals surface area (Å²) in [5, 5.41) is 23.9. The largest absolute Gasteiger partial charge is 0.508 e. The van der Waals surface area contributed by atoms with Crippen LogP contribution in [0, 0.1) is 0 Å². The highest BCUT2D eigenvalue weighted by molar-refractivity contribution is 5.61. The highest BCUT2D eigenvalue weighted by atomic mass is 16.3. The van der Waals surface area contributed by atoms with Crippen LogP contribution in [0.25, 0.3) is 11.4 Å².